The Morgan fingerprint density at radius 2 is 2.13 bits per heavy atom. The summed E-state index contributed by atoms with van der Waals surface area (Å²) in [5.74, 6) is 0.861. The third-order valence-corrected chi connectivity index (χ3v) is 2.52. The minimum absolute atomic E-state index is 0.745. The van der Waals surface area contributed by atoms with E-state index in [1.165, 1.54) is 19.5 Å². The van der Waals surface area contributed by atoms with E-state index in [2.05, 4.69) is 10.3 Å². The van der Waals surface area contributed by atoms with Gasteiger partial charge in [0, 0.05) is 11.9 Å². The van der Waals surface area contributed by atoms with Crippen molar-refractivity contribution in [2.24, 2.45) is 5.92 Å². The molecule has 0 aromatic carbocycles. The molecule has 1 saturated heterocycles. The summed E-state index contributed by atoms with van der Waals surface area (Å²) in [5.41, 5.74) is 1.90. The topological polar surface area (TPSA) is 24.9 Å². The van der Waals surface area contributed by atoms with E-state index in [4.69, 9.17) is 7.85 Å². The highest BCUT2D eigenvalue weighted by molar-refractivity contribution is 6.31. The van der Waals surface area contributed by atoms with Crippen molar-refractivity contribution in [3.05, 3.63) is 24.0 Å². The summed E-state index contributed by atoms with van der Waals surface area (Å²) in [6, 6.07) is 3.93. The highest BCUT2D eigenvalue weighted by Gasteiger charge is 2.15. The summed E-state index contributed by atoms with van der Waals surface area (Å²) in [4.78, 5) is 4.26. The number of pyridine rings is 1. The predicted octanol–water partition coefficient (Wildman–Crippen LogP) is 1.05. The first-order valence-electron chi connectivity index (χ1n) is 5.76. The van der Waals surface area contributed by atoms with E-state index in [1.807, 2.05) is 26.0 Å². The summed E-state index contributed by atoms with van der Waals surface area (Å²) in [7, 11) is 5.55. The highest BCUT2D eigenvalue weighted by Crippen LogP contribution is 2.11. The maximum Gasteiger partial charge on any atom is 0.115 e. The molecule has 0 unspecified atom stereocenters. The van der Waals surface area contributed by atoms with Crippen molar-refractivity contribution in [3.63, 3.8) is 0 Å². The number of nitrogens with one attached hydrogen (secondary N) is 1. The van der Waals surface area contributed by atoms with E-state index in [9.17, 15) is 0 Å². The van der Waals surface area contributed by atoms with Crippen LogP contribution in [-0.4, -0.2) is 25.9 Å². The van der Waals surface area contributed by atoms with Crippen LogP contribution in [0.4, 0.5) is 0 Å². The standard InChI is InChI=1S/C10H13BN2.C2H6/c11-9-2-4-10(13-7-9)3-1-8-5-12-6-8;1-2/h2,4,7-8,12H,1,3,5-6H2;1-2H3. The average molecular weight is 202 g/mol. The summed E-state index contributed by atoms with van der Waals surface area (Å²) >= 11 is 0. The Bertz CT molecular complexity index is 267. The summed E-state index contributed by atoms with van der Waals surface area (Å²) < 4.78 is 0. The highest BCUT2D eigenvalue weighted by atomic mass is 14.9. The fourth-order valence-corrected chi connectivity index (χ4v) is 1.49. The minimum Gasteiger partial charge on any atom is -0.316 e. The second-order valence-electron chi connectivity index (χ2n) is 3.65. The molecule has 0 bridgehead atoms. The van der Waals surface area contributed by atoms with Crippen LogP contribution in [0.5, 0.6) is 0 Å². The number of rotatable bonds is 3. The van der Waals surface area contributed by atoms with Crippen molar-refractivity contribution in [2.75, 3.05) is 13.1 Å². The third kappa shape index (κ3) is 4.04. The zero-order valence-corrected chi connectivity index (χ0v) is 9.66. The lowest BCUT2D eigenvalue weighted by Crippen LogP contribution is -2.42. The van der Waals surface area contributed by atoms with Crippen LogP contribution in [0.1, 0.15) is 26.0 Å². The number of nitrogens with zero attached hydrogens (tertiary/aromatic N) is 1. The summed E-state index contributed by atoms with van der Waals surface area (Å²) in [6.07, 6.45) is 4.05. The molecule has 2 radical (unpaired) electrons. The fraction of sp³-hybridized carbons (Fsp3) is 0.583. The van der Waals surface area contributed by atoms with Crippen molar-refractivity contribution < 1.29 is 0 Å². The number of hydrogen-bond acceptors (Lipinski definition) is 2. The van der Waals surface area contributed by atoms with Crippen molar-refractivity contribution in [1.82, 2.24) is 10.3 Å². The molecular weight excluding hydrogens is 183 g/mol. The lowest BCUT2D eigenvalue weighted by atomic mass is 9.95. The Labute approximate surface area is 93.9 Å². The van der Waals surface area contributed by atoms with E-state index in [-0.39, 0.29) is 0 Å². The van der Waals surface area contributed by atoms with Gasteiger partial charge in [0.15, 0.2) is 0 Å². The van der Waals surface area contributed by atoms with Gasteiger partial charge >= 0.3 is 0 Å². The van der Waals surface area contributed by atoms with Gasteiger partial charge in [0.25, 0.3) is 0 Å². The molecule has 1 N–H and O–H groups in total. The van der Waals surface area contributed by atoms with Crippen LogP contribution in [0.25, 0.3) is 0 Å². The van der Waals surface area contributed by atoms with Crippen LogP contribution in [0.15, 0.2) is 18.3 Å². The molecule has 1 aliphatic rings. The van der Waals surface area contributed by atoms with Crippen molar-refractivity contribution in [2.45, 2.75) is 26.7 Å². The minimum atomic E-state index is 0.745. The monoisotopic (exact) mass is 202 g/mol. The molecule has 0 aliphatic carbocycles. The summed E-state index contributed by atoms with van der Waals surface area (Å²) in [5, 5.41) is 3.27. The van der Waals surface area contributed by atoms with E-state index in [0.29, 0.717) is 0 Å². The van der Waals surface area contributed by atoms with Gasteiger partial charge in [-0.3, -0.25) is 4.98 Å². The summed E-state index contributed by atoms with van der Waals surface area (Å²) in [6.45, 7) is 6.35. The first kappa shape index (κ1) is 12.2. The number of aromatic nitrogens is 1. The van der Waals surface area contributed by atoms with Gasteiger partial charge in [-0.25, -0.2) is 0 Å². The van der Waals surface area contributed by atoms with Crippen LogP contribution in [0.3, 0.4) is 0 Å². The molecule has 3 heteroatoms. The molecule has 80 valence electrons. The molecular formula is C12H19BN2. The SMILES string of the molecule is CC.[B]c1ccc(CCC2CNC2)nc1. The van der Waals surface area contributed by atoms with Crippen LogP contribution in [0, 0.1) is 5.92 Å². The van der Waals surface area contributed by atoms with Crippen LogP contribution < -0.4 is 10.8 Å². The largest absolute Gasteiger partial charge is 0.316 e. The third-order valence-electron chi connectivity index (χ3n) is 2.52. The molecule has 1 fully saturated rings. The van der Waals surface area contributed by atoms with E-state index in [0.717, 1.165) is 23.5 Å². The van der Waals surface area contributed by atoms with Gasteiger partial charge in [0.2, 0.25) is 0 Å². The maximum absolute atomic E-state index is 5.55. The molecule has 0 saturated carbocycles. The van der Waals surface area contributed by atoms with Gasteiger partial charge in [-0.1, -0.05) is 25.4 Å². The Hall–Kier alpha value is -0.825. The first-order valence-corrected chi connectivity index (χ1v) is 5.76. The molecule has 0 spiro atoms. The van der Waals surface area contributed by atoms with Gasteiger partial charge in [-0.2, -0.15) is 0 Å². The Kier molecular flexibility index (Phi) is 5.40. The predicted molar refractivity (Wildman–Crippen MR) is 65.7 cm³/mol. The van der Waals surface area contributed by atoms with Gasteiger partial charge in [-0.15, -0.1) is 0 Å². The second-order valence-corrected chi connectivity index (χ2v) is 3.65. The van der Waals surface area contributed by atoms with Crippen molar-refractivity contribution >= 4 is 13.3 Å². The molecule has 1 aromatic rings. The van der Waals surface area contributed by atoms with Crippen molar-refractivity contribution in [3.8, 4) is 0 Å². The zero-order valence-electron chi connectivity index (χ0n) is 9.66. The van der Waals surface area contributed by atoms with Gasteiger partial charge in [0.05, 0.1) is 0 Å². The fourth-order valence-electron chi connectivity index (χ4n) is 1.49. The quantitative estimate of drug-likeness (QED) is 0.741. The smallest absolute Gasteiger partial charge is 0.115 e. The Morgan fingerprint density at radius 1 is 1.40 bits per heavy atom. The van der Waals surface area contributed by atoms with E-state index in [1.54, 1.807) is 6.20 Å². The molecule has 2 heterocycles. The molecule has 0 atom stereocenters. The molecule has 0 amide bonds. The molecule has 15 heavy (non-hydrogen) atoms. The lowest BCUT2D eigenvalue weighted by molar-refractivity contribution is 0.327. The van der Waals surface area contributed by atoms with Crippen molar-refractivity contribution in [1.29, 1.82) is 0 Å². The molecule has 1 aliphatic heterocycles. The average Bonchev–Trinajstić information content (AvgIpc) is 2.22. The first-order chi connectivity index (χ1) is 7.34. The normalized spacial score (nSPS) is 15.1. The number of hydrogen-bond donors (Lipinski definition) is 1. The lowest BCUT2D eigenvalue weighted by Gasteiger charge is -2.26. The van der Waals surface area contributed by atoms with Gasteiger partial charge < -0.3 is 5.32 Å². The molecule has 1 aromatic heterocycles. The second kappa shape index (κ2) is 6.62. The van der Waals surface area contributed by atoms with Gasteiger partial charge in [0.1, 0.15) is 7.85 Å². The van der Waals surface area contributed by atoms with E-state index < -0.39 is 0 Å². The van der Waals surface area contributed by atoms with Crippen LogP contribution in [-0.2, 0) is 6.42 Å². The maximum atomic E-state index is 5.55. The van der Waals surface area contributed by atoms with Gasteiger partial charge in [-0.05, 0) is 37.9 Å². The van der Waals surface area contributed by atoms with Crippen LogP contribution in [0.2, 0.25) is 0 Å². The zero-order chi connectivity index (χ0) is 11.1. The molecule has 2 rings (SSSR count). The Morgan fingerprint density at radius 3 is 2.60 bits per heavy atom. The Balaban J connectivity index is 0.000000531. The number of aryl methyl sites for hydroxylation is 1. The molecule has 2 nitrogen and oxygen atoms in total. The van der Waals surface area contributed by atoms with Crippen LogP contribution >= 0.6 is 0 Å². The van der Waals surface area contributed by atoms with E-state index >= 15 is 0 Å².